The van der Waals surface area contributed by atoms with E-state index in [1.165, 1.54) is 55.3 Å². The lowest BCUT2D eigenvalue weighted by Crippen LogP contribution is -1.91. The van der Waals surface area contributed by atoms with Crippen molar-refractivity contribution in [1.82, 2.24) is 0 Å². The molecule has 1 nitrogen and oxygen atoms in total. The van der Waals surface area contributed by atoms with Crippen molar-refractivity contribution in [2.24, 2.45) is 0 Å². The van der Waals surface area contributed by atoms with E-state index in [1.807, 2.05) is 24.3 Å². The SMILES string of the molecule is CC(C)c1ccc(C(C)C)cc1.CC(C)c1cccc(C(C)C)c1.CCc1ccc(Oc2ccc(CC)cc2)cc1.CCc1ccc2ccc(C)cc2c1. The molecule has 0 aliphatic rings. The fourth-order valence-corrected chi connectivity index (χ4v) is 5.90. The van der Waals surface area contributed by atoms with Crippen molar-refractivity contribution in [3.8, 4) is 11.5 Å². The van der Waals surface area contributed by atoms with E-state index < -0.39 is 0 Å². The number of aryl methyl sites for hydroxylation is 4. The third kappa shape index (κ3) is 14.7. The molecule has 6 aromatic rings. The second kappa shape index (κ2) is 22.6. The standard InChI is InChI=1S/C16H18O.C13H14.2C12H18/c1-3-13-5-9-15(10-6-13)17-16-11-7-14(4-2)8-12-16;1-3-11-5-7-12-6-4-10(2)8-13(12)9-11;1-9(2)11-5-7-12(8-6-11)10(3)4;1-9(2)11-6-5-7-12(8-11)10(3)4/h5-12H,3-4H2,1-2H3;4-9H,3H2,1-2H3;2*5-10H,1-4H3. The van der Waals surface area contributed by atoms with Gasteiger partial charge in [-0.3, -0.25) is 0 Å². The molecule has 0 amide bonds. The van der Waals surface area contributed by atoms with E-state index in [0.717, 1.165) is 30.8 Å². The monoisotopic (exact) mass is 721 g/mol. The van der Waals surface area contributed by atoms with Gasteiger partial charge in [0.15, 0.2) is 0 Å². The predicted octanol–water partition coefficient (Wildman–Crippen LogP) is 16.2. The van der Waals surface area contributed by atoms with Crippen molar-refractivity contribution in [2.75, 3.05) is 0 Å². The topological polar surface area (TPSA) is 9.23 Å². The van der Waals surface area contributed by atoms with Crippen LogP contribution in [0.5, 0.6) is 11.5 Å². The number of ether oxygens (including phenoxy) is 1. The third-order valence-electron chi connectivity index (χ3n) is 9.88. The summed E-state index contributed by atoms with van der Waals surface area (Å²) in [5.74, 6) is 4.36. The molecule has 0 saturated heterocycles. The Morgan fingerprint density at radius 3 is 1.15 bits per heavy atom. The molecular weight excluding hydrogens is 653 g/mol. The lowest BCUT2D eigenvalue weighted by atomic mass is 9.96. The van der Waals surface area contributed by atoms with Crippen molar-refractivity contribution in [2.45, 2.75) is 126 Å². The average molecular weight is 721 g/mol. The lowest BCUT2D eigenvalue weighted by molar-refractivity contribution is 0.482. The highest BCUT2D eigenvalue weighted by atomic mass is 16.5. The maximum atomic E-state index is 5.78. The van der Waals surface area contributed by atoms with Gasteiger partial charge in [-0.1, -0.05) is 191 Å². The second-order valence-corrected chi connectivity index (χ2v) is 15.6. The first kappa shape index (κ1) is 43.8. The van der Waals surface area contributed by atoms with E-state index >= 15 is 0 Å². The largest absolute Gasteiger partial charge is 0.457 e. The molecule has 0 fully saturated rings. The summed E-state index contributed by atoms with van der Waals surface area (Å²) < 4.78 is 5.78. The second-order valence-electron chi connectivity index (χ2n) is 15.6. The van der Waals surface area contributed by atoms with Crippen LogP contribution in [0.4, 0.5) is 0 Å². The third-order valence-corrected chi connectivity index (χ3v) is 9.88. The molecular formula is C53H68O. The van der Waals surface area contributed by atoms with E-state index in [0.29, 0.717) is 23.7 Å². The van der Waals surface area contributed by atoms with Crippen LogP contribution in [0.2, 0.25) is 0 Å². The molecule has 0 N–H and O–H groups in total. The molecule has 54 heavy (non-hydrogen) atoms. The molecule has 286 valence electrons. The Hall–Kier alpha value is -4.62. The Morgan fingerprint density at radius 2 is 0.759 bits per heavy atom. The van der Waals surface area contributed by atoms with Crippen molar-refractivity contribution < 1.29 is 4.74 Å². The highest BCUT2D eigenvalue weighted by Crippen LogP contribution is 2.24. The van der Waals surface area contributed by atoms with Gasteiger partial charge in [0, 0.05) is 0 Å². The summed E-state index contributed by atoms with van der Waals surface area (Å²) in [6.45, 7) is 26.5. The van der Waals surface area contributed by atoms with Gasteiger partial charge in [-0.15, -0.1) is 0 Å². The Bertz CT molecular complexity index is 1830. The van der Waals surface area contributed by atoms with E-state index in [4.69, 9.17) is 4.74 Å². The molecule has 0 atom stereocenters. The molecule has 6 rings (SSSR count). The minimum atomic E-state index is 0.642. The molecule has 6 aromatic carbocycles. The van der Waals surface area contributed by atoms with Crippen LogP contribution in [0.3, 0.4) is 0 Å². The zero-order valence-corrected chi connectivity index (χ0v) is 35.5. The van der Waals surface area contributed by atoms with Crippen LogP contribution < -0.4 is 4.74 Å². The molecule has 0 saturated carbocycles. The summed E-state index contributed by atoms with van der Waals surface area (Å²) in [6.07, 6.45) is 3.24. The van der Waals surface area contributed by atoms with Crippen LogP contribution in [0, 0.1) is 6.92 Å². The van der Waals surface area contributed by atoms with Crippen LogP contribution in [0.1, 0.15) is 144 Å². The first-order chi connectivity index (χ1) is 25.8. The van der Waals surface area contributed by atoms with Crippen LogP contribution in [-0.4, -0.2) is 0 Å². The smallest absolute Gasteiger partial charge is 0.127 e. The van der Waals surface area contributed by atoms with Crippen molar-refractivity contribution in [1.29, 1.82) is 0 Å². The Labute approximate surface area is 329 Å². The molecule has 0 spiro atoms. The summed E-state index contributed by atoms with van der Waals surface area (Å²) >= 11 is 0. The van der Waals surface area contributed by atoms with Gasteiger partial charge in [0.1, 0.15) is 11.5 Å². The highest BCUT2D eigenvalue weighted by Gasteiger charge is 2.03. The molecule has 1 heteroatoms. The van der Waals surface area contributed by atoms with Crippen molar-refractivity contribution >= 4 is 10.8 Å². The highest BCUT2D eigenvalue weighted by molar-refractivity contribution is 5.83. The van der Waals surface area contributed by atoms with Gasteiger partial charge < -0.3 is 4.74 Å². The first-order valence-electron chi connectivity index (χ1n) is 20.4. The summed E-state index contributed by atoms with van der Waals surface area (Å²) in [4.78, 5) is 0. The molecule has 0 radical (unpaired) electrons. The van der Waals surface area contributed by atoms with Gasteiger partial charge in [0.05, 0.1) is 0 Å². The fraction of sp³-hybridized carbons (Fsp3) is 0.358. The minimum absolute atomic E-state index is 0.642. The van der Waals surface area contributed by atoms with Crippen molar-refractivity contribution in [3.05, 3.63) is 178 Å². The quantitative estimate of drug-likeness (QED) is 0.144. The Morgan fingerprint density at radius 1 is 0.370 bits per heavy atom. The zero-order valence-electron chi connectivity index (χ0n) is 35.5. The normalized spacial score (nSPS) is 10.7. The summed E-state index contributed by atoms with van der Waals surface area (Å²) in [7, 11) is 0. The van der Waals surface area contributed by atoms with Crippen LogP contribution in [0.15, 0.2) is 133 Å². The molecule has 0 aliphatic carbocycles. The fourth-order valence-electron chi connectivity index (χ4n) is 5.90. The molecule has 0 heterocycles. The lowest BCUT2D eigenvalue weighted by Gasteiger charge is -2.09. The minimum Gasteiger partial charge on any atom is -0.457 e. The van der Waals surface area contributed by atoms with Gasteiger partial charge in [0.2, 0.25) is 0 Å². The van der Waals surface area contributed by atoms with Crippen molar-refractivity contribution in [3.63, 3.8) is 0 Å². The number of hydrogen-bond acceptors (Lipinski definition) is 1. The molecule has 0 bridgehead atoms. The summed E-state index contributed by atoms with van der Waals surface area (Å²) in [5, 5.41) is 2.70. The van der Waals surface area contributed by atoms with Crippen LogP contribution in [0.25, 0.3) is 10.8 Å². The number of fused-ring (bicyclic) bond motifs is 1. The molecule has 0 aromatic heterocycles. The van der Waals surface area contributed by atoms with Gasteiger partial charge >= 0.3 is 0 Å². The number of rotatable bonds is 9. The first-order valence-corrected chi connectivity index (χ1v) is 20.4. The van der Waals surface area contributed by atoms with E-state index in [9.17, 15) is 0 Å². The van der Waals surface area contributed by atoms with Gasteiger partial charge in [-0.05, 0) is 124 Å². The van der Waals surface area contributed by atoms with Gasteiger partial charge in [-0.25, -0.2) is 0 Å². The summed E-state index contributed by atoms with van der Waals surface area (Å²) in [6, 6.07) is 47.6. The Balaban J connectivity index is 0.000000196. The average Bonchev–Trinajstić information content (AvgIpc) is 3.19. The van der Waals surface area contributed by atoms with Gasteiger partial charge in [0.25, 0.3) is 0 Å². The maximum absolute atomic E-state index is 5.78. The predicted molar refractivity (Wildman–Crippen MR) is 239 cm³/mol. The van der Waals surface area contributed by atoms with E-state index in [2.05, 4.69) is 192 Å². The maximum Gasteiger partial charge on any atom is 0.127 e. The molecule has 0 unspecified atom stereocenters. The van der Waals surface area contributed by atoms with Gasteiger partial charge in [-0.2, -0.15) is 0 Å². The van der Waals surface area contributed by atoms with E-state index in [-0.39, 0.29) is 0 Å². The molecule has 0 aliphatic heterocycles. The zero-order chi connectivity index (χ0) is 39.6. The van der Waals surface area contributed by atoms with Crippen LogP contribution >= 0.6 is 0 Å². The number of benzene rings is 6. The van der Waals surface area contributed by atoms with E-state index in [1.54, 1.807) is 0 Å². The van der Waals surface area contributed by atoms with Crippen LogP contribution in [-0.2, 0) is 19.3 Å². The number of hydrogen-bond donors (Lipinski definition) is 0. The summed E-state index contributed by atoms with van der Waals surface area (Å²) in [5.41, 5.74) is 11.2. The Kier molecular flexibility index (Phi) is 18.3.